The number of nitrogens with zero attached hydrogens (tertiary/aromatic N) is 2. The molecular formula is C26H31N3O3. The van der Waals surface area contributed by atoms with Gasteiger partial charge < -0.3 is 14.8 Å². The van der Waals surface area contributed by atoms with Gasteiger partial charge in [-0.05, 0) is 75.1 Å². The zero-order valence-electron chi connectivity index (χ0n) is 19.4. The summed E-state index contributed by atoms with van der Waals surface area (Å²) in [7, 11) is 3.28. The number of carbonyl (C=O) groups is 1. The third-order valence-corrected chi connectivity index (χ3v) is 5.77. The van der Waals surface area contributed by atoms with Gasteiger partial charge in [-0.3, -0.25) is 9.48 Å². The van der Waals surface area contributed by atoms with E-state index in [4.69, 9.17) is 14.6 Å². The van der Waals surface area contributed by atoms with Crippen LogP contribution in [0.3, 0.4) is 0 Å². The highest BCUT2D eigenvalue weighted by Gasteiger charge is 2.33. The molecule has 0 spiro atoms. The van der Waals surface area contributed by atoms with E-state index < -0.39 is 0 Å². The third-order valence-electron chi connectivity index (χ3n) is 5.77. The second-order valence-corrected chi connectivity index (χ2v) is 9.26. The first kappa shape index (κ1) is 21.9. The molecule has 0 saturated heterocycles. The number of benzene rings is 2. The number of carbonyl (C=O) groups excluding carboxylic acids is 1. The van der Waals surface area contributed by atoms with Gasteiger partial charge >= 0.3 is 0 Å². The van der Waals surface area contributed by atoms with E-state index in [1.807, 2.05) is 59.3 Å². The highest BCUT2D eigenvalue weighted by Crippen LogP contribution is 2.41. The van der Waals surface area contributed by atoms with Crippen molar-refractivity contribution in [3.05, 3.63) is 77.1 Å². The molecule has 0 radical (unpaired) electrons. The first-order valence-corrected chi connectivity index (χ1v) is 11.0. The molecule has 32 heavy (non-hydrogen) atoms. The predicted octanol–water partition coefficient (Wildman–Crippen LogP) is 5.05. The molecule has 4 rings (SSSR count). The molecular weight excluding hydrogens is 402 g/mol. The highest BCUT2D eigenvalue weighted by atomic mass is 16.5. The zero-order valence-corrected chi connectivity index (χ0v) is 19.4. The fourth-order valence-electron chi connectivity index (χ4n) is 3.87. The van der Waals surface area contributed by atoms with Gasteiger partial charge in [0.25, 0.3) is 5.91 Å². The highest BCUT2D eigenvalue weighted by molar-refractivity contribution is 5.93. The van der Waals surface area contributed by atoms with Crippen LogP contribution in [0.4, 0.5) is 0 Å². The summed E-state index contributed by atoms with van der Waals surface area (Å²) in [4.78, 5) is 13.3. The van der Waals surface area contributed by atoms with Crippen molar-refractivity contribution in [2.75, 3.05) is 14.2 Å². The van der Waals surface area contributed by atoms with Crippen LogP contribution < -0.4 is 14.8 Å². The molecule has 3 aromatic rings. The summed E-state index contributed by atoms with van der Waals surface area (Å²) < 4.78 is 12.6. The third kappa shape index (κ3) is 4.64. The SMILES string of the molecule is COc1ccc(C(NC(=O)c2cc(C3CC3)n(C(C)(C)C)n2)c2ccc(OC)cc2)cc1. The lowest BCUT2D eigenvalue weighted by Gasteiger charge is -2.22. The van der Waals surface area contributed by atoms with Crippen LogP contribution in [-0.4, -0.2) is 29.9 Å². The normalized spacial score (nSPS) is 13.8. The topological polar surface area (TPSA) is 65.4 Å². The number of nitrogens with one attached hydrogen (secondary N) is 1. The van der Waals surface area contributed by atoms with Crippen LogP contribution in [0.15, 0.2) is 54.6 Å². The van der Waals surface area contributed by atoms with Crippen LogP contribution in [0.2, 0.25) is 0 Å². The van der Waals surface area contributed by atoms with Crippen molar-refractivity contribution in [3.63, 3.8) is 0 Å². The van der Waals surface area contributed by atoms with Crippen molar-refractivity contribution in [2.24, 2.45) is 0 Å². The van der Waals surface area contributed by atoms with Crippen LogP contribution in [0.25, 0.3) is 0 Å². The summed E-state index contributed by atoms with van der Waals surface area (Å²) in [5.41, 5.74) is 3.34. The average Bonchev–Trinajstić information content (AvgIpc) is 3.54. The number of hydrogen-bond donors (Lipinski definition) is 1. The van der Waals surface area contributed by atoms with Crippen molar-refractivity contribution in [3.8, 4) is 11.5 Å². The molecule has 1 heterocycles. The zero-order chi connectivity index (χ0) is 22.9. The molecule has 1 aromatic heterocycles. The molecule has 6 nitrogen and oxygen atoms in total. The molecule has 0 bridgehead atoms. The summed E-state index contributed by atoms with van der Waals surface area (Å²) in [5, 5.41) is 7.90. The van der Waals surface area contributed by atoms with Crippen LogP contribution in [-0.2, 0) is 5.54 Å². The summed E-state index contributed by atoms with van der Waals surface area (Å²) in [6.45, 7) is 6.35. The van der Waals surface area contributed by atoms with Crippen LogP contribution >= 0.6 is 0 Å². The Labute approximate surface area is 189 Å². The van der Waals surface area contributed by atoms with E-state index in [1.54, 1.807) is 14.2 Å². The Morgan fingerprint density at radius 3 is 1.88 bits per heavy atom. The average molecular weight is 434 g/mol. The molecule has 0 aliphatic heterocycles. The number of amides is 1. The molecule has 168 valence electrons. The van der Waals surface area contributed by atoms with Crippen molar-refractivity contribution < 1.29 is 14.3 Å². The summed E-state index contributed by atoms with van der Waals surface area (Å²) in [5.74, 6) is 1.85. The van der Waals surface area contributed by atoms with Gasteiger partial charge in [0.1, 0.15) is 11.5 Å². The Morgan fingerprint density at radius 2 is 1.47 bits per heavy atom. The Hall–Kier alpha value is -3.28. The maximum Gasteiger partial charge on any atom is 0.272 e. The molecule has 2 aromatic carbocycles. The van der Waals surface area contributed by atoms with Gasteiger partial charge in [-0.2, -0.15) is 5.10 Å². The predicted molar refractivity (Wildman–Crippen MR) is 124 cm³/mol. The first-order valence-electron chi connectivity index (χ1n) is 11.0. The molecule has 1 aliphatic carbocycles. The molecule has 1 fully saturated rings. The van der Waals surface area contributed by atoms with E-state index in [0.29, 0.717) is 11.6 Å². The van der Waals surface area contributed by atoms with Crippen molar-refractivity contribution in [1.29, 1.82) is 0 Å². The van der Waals surface area contributed by atoms with Gasteiger partial charge in [-0.15, -0.1) is 0 Å². The fourth-order valence-corrected chi connectivity index (χ4v) is 3.87. The van der Waals surface area contributed by atoms with E-state index in [-0.39, 0.29) is 17.5 Å². The van der Waals surface area contributed by atoms with E-state index in [2.05, 4.69) is 26.1 Å². The first-order chi connectivity index (χ1) is 15.3. The molecule has 1 aliphatic rings. The summed E-state index contributed by atoms with van der Waals surface area (Å²) >= 11 is 0. The summed E-state index contributed by atoms with van der Waals surface area (Å²) in [6.07, 6.45) is 2.31. The molecule has 1 amide bonds. The number of ether oxygens (including phenoxy) is 2. The lowest BCUT2D eigenvalue weighted by molar-refractivity contribution is 0.0936. The maximum absolute atomic E-state index is 13.3. The minimum Gasteiger partial charge on any atom is -0.497 e. The van der Waals surface area contributed by atoms with Gasteiger partial charge in [0, 0.05) is 11.6 Å². The van der Waals surface area contributed by atoms with Crippen molar-refractivity contribution >= 4 is 5.91 Å². The van der Waals surface area contributed by atoms with Gasteiger partial charge in [-0.1, -0.05) is 24.3 Å². The minimum atomic E-state index is -0.330. The fraction of sp³-hybridized carbons (Fsp3) is 0.385. The Morgan fingerprint density at radius 1 is 0.969 bits per heavy atom. The Balaban J connectivity index is 1.66. The van der Waals surface area contributed by atoms with E-state index in [1.165, 1.54) is 0 Å². The van der Waals surface area contributed by atoms with Crippen molar-refractivity contribution in [1.82, 2.24) is 15.1 Å². The second kappa shape index (κ2) is 8.69. The lowest BCUT2D eigenvalue weighted by atomic mass is 9.98. The van der Waals surface area contributed by atoms with Gasteiger partial charge in [0.05, 0.1) is 25.8 Å². The number of hydrogen-bond acceptors (Lipinski definition) is 4. The molecule has 0 atom stereocenters. The molecule has 6 heteroatoms. The quantitative estimate of drug-likeness (QED) is 0.566. The van der Waals surface area contributed by atoms with E-state index in [0.717, 1.165) is 41.2 Å². The van der Waals surface area contributed by atoms with Gasteiger partial charge in [0.15, 0.2) is 5.69 Å². The molecule has 1 N–H and O–H groups in total. The molecule has 0 unspecified atom stereocenters. The maximum atomic E-state index is 13.3. The largest absolute Gasteiger partial charge is 0.497 e. The van der Waals surface area contributed by atoms with E-state index >= 15 is 0 Å². The Kier molecular flexibility index (Phi) is 5.96. The summed E-state index contributed by atoms with van der Waals surface area (Å²) in [6, 6.07) is 17.1. The van der Waals surface area contributed by atoms with Crippen LogP contribution in [0, 0.1) is 0 Å². The van der Waals surface area contributed by atoms with Gasteiger partial charge in [-0.25, -0.2) is 0 Å². The second-order valence-electron chi connectivity index (χ2n) is 9.26. The smallest absolute Gasteiger partial charge is 0.272 e. The van der Waals surface area contributed by atoms with Crippen LogP contribution in [0.5, 0.6) is 11.5 Å². The number of aromatic nitrogens is 2. The lowest BCUT2D eigenvalue weighted by Crippen LogP contribution is -2.30. The van der Waals surface area contributed by atoms with E-state index in [9.17, 15) is 4.79 Å². The monoisotopic (exact) mass is 433 g/mol. The number of rotatable bonds is 7. The molecule has 1 saturated carbocycles. The van der Waals surface area contributed by atoms with Crippen molar-refractivity contribution in [2.45, 2.75) is 51.1 Å². The van der Waals surface area contributed by atoms with Crippen LogP contribution in [0.1, 0.15) is 72.9 Å². The number of methoxy groups -OCH3 is 2. The standard InChI is InChI=1S/C26H31N3O3/c1-26(2,3)29-23(17-6-7-17)16-22(28-29)25(30)27-24(18-8-12-20(31-4)13-9-18)19-10-14-21(32-5)15-11-19/h8-17,24H,6-7H2,1-5H3,(H,27,30). The minimum absolute atomic E-state index is 0.179. The Bertz CT molecular complexity index is 1030. The van der Waals surface area contributed by atoms with Gasteiger partial charge in [0.2, 0.25) is 0 Å².